The summed E-state index contributed by atoms with van der Waals surface area (Å²) in [5, 5.41) is 0. The molecule has 4 nitrogen and oxygen atoms in total. The van der Waals surface area contributed by atoms with E-state index in [-0.39, 0.29) is 35.2 Å². The molecule has 0 spiro atoms. The predicted molar refractivity (Wildman–Crippen MR) is 76.2 cm³/mol. The Morgan fingerprint density at radius 2 is 1.74 bits per heavy atom. The number of carbonyl (C=O) groups is 2. The summed E-state index contributed by atoms with van der Waals surface area (Å²) in [6, 6.07) is 7.31. The Hall–Kier alpha value is -1.75. The minimum absolute atomic E-state index is 0.129. The van der Waals surface area contributed by atoms with Crippen molar-refractivity contribution in [2.24, 2.45) is 17.6 Å². The number of benzene rings is 1. The number of hydrogen-bond donors (Lipinski definition) is 1. The molecule has 1 aliphatic heterocycles. The fraction of sp³-hybridized carbons (Fsp3) is 0.357. The van der Waals surface area contributed by atoms with Gasteiger partial charge in [-0.1, -0.05) is 50.3 Å². The molecule has 2 rings (SSSR count). The summed E-state index contributed by atoms with van der Waals surface area (Å²) < 4.78 is 0. The van der Waals surface area contributed by atoms with Gasteiger partial charge in [0.2, 0.25) is 11.8 Å². The van der Waals surface area contributed by atoms with Gasteiger partial charge in [0.1, 0.15) is 4.99 Å². The van der Waals surface area contributed by atoms with Crippen LogP contribution >= 0.6 is 12.2 Å². The van der Waals surface area contributed by atoms with Crippen molar-refractivity contribution in [1.82, 2.24) is 4.90 Å². The monoisotopic (exact) mass is 276 g/mol. The molecule has 2 N–H and O–H groups in total. The number of imide groups is 1. The largest absolute Gasteiger partial charge is 0.389 e. The van der Waals surface area contributed by atoms with Gasteiger partial charge in [0.25, 0.3) is 0 Å². The lowest BCUT2D eigenvalue weighted by Crippen LogP contribution is -2.31. The molecular formula is C14H16N2O2S. The van der Waals surface area contributed by atoms with Crippen LogP contribution in [0.25, 0.3) is 0 Å². The Balaban J connectivity index is 2.30. The molecule has 0 radical (unpaired) electrons. The summed E-state index contributed by atoms with van der Waals surface area (Å²) in [5.74, 6) is -0.778. The summed E-state index contributed by atoms with van der Waals surface area (Å²) in [4.78, 5) is 25.7. The van der Waals surface area contributed by atoms with Crippen molar-refractivity contribution in [3.63, 3.8) is 0 Å². The van der Waals surface area contributed by atoms with Gasteiger partial charge >= 0.3 is 0 Å². The van der Waals surface area contributed by atoms with E-state index >= 15 is 0 Å². The van der Waals surface area contributed by atoms with E-state index in [4.69, 9.17) is 18.0 Å². The van der Waals surface area contributed by atoms with Gasteiger partial charge in [-0.3, -0.25) is 14.5 Å². The predicted octanol–water partition coefficient (Wildman–Crippen LogP) is 1.46. The third kappa shape index (κ3) is 2.38. The first kappa shape index (κ1) is 13.7. The lowest BCUT2D eigenvalue weighted by molar-refractivity contribution is -0.140. The second-order valence-electron chi connectivity index (χ2n) is 4.86. The fourth-order valence-electron chi connectivity index (χ4n) is 2.25. The molecule has 2 unspecified atom stereocenters. The number of amides is 2. The van der Waals surface area contributed by atoms with Crippen LogP contribution in [0.5, 0.6) is 0 Å². The number of hydrogen-bond acceptors (Lipinski definition) is 3. The smallest absolute Gasteiger partial charge is 0.233 e. The summed E-state index contributed by atoms with van der Waals surface area (Å²) >= 11 is 4.99. The Morgan fingerprint density at radius 1 is 1.21 bits per heavy atom. The normalized spacial score (nSPS) is 22.9. The maximum absolute atomic E-state index is 12.1. The van der Waals surface area contributed by atoms with Gasteiger partial charge in [-0.2, -0.15) is 0 Å². The van der Waals surface area contributed by atoms with Gasteiger partial charge in [-0.15, -0.1) is 0 Å². The third-order valence-corrected chi connectivity index (χ3v) is 3.89. The zero-order valence-corrected chi connectivity index (χ0v) is 11.7. The zero-order chi connectivity index (χ0) is 14.2. The highest BCUT2D eigenvalue weighted by molar-refractivity contribution is 7.80. The van der Waals surface area contributed by atoms with E-state index in [1.165, 1.54) is 4.90 Å². The van der Waals surface area contributed by atoms with Crippen LogP contribution in [0, 0.1) is 11.8 Å². The molecule has 0 aromatic heterocycles. The highest BCUT2D eigenvalue weighted by Crippen LogP contribution is 2.27. The van der Waals surface area contributed by atoms with E-state index in [0.29, 0.717) is 5.56 Å². The van der Waals surface area contributed by atoms with Crippen molar-refractivity contribution in [3.8, 4) is 0 Å². The Kier molecular flexibility index (Phi) is 3.66. The van der Waals surface area contributed by atoms with Crippen LogP contribution in [0.2, 0.25) is 0 Å². The average molecular weight is 276 g/mol. The highest BCUT2D eigenvalue weighted by atomic mass is 32.1. The second kappa shape index (κ2) is 5.09. The van der Waals surface area contributed by atoms with E-state index in [1.54, 1.807) is 19.9 Å². The first-order valence-corrected chi connectivity index (χ1v) is 6.57. The molecule has 1 saturated heterocycles. The minimum Gasteiger partial charge on any atom is -0.389 e. The highest BCUT2D eigenvalue weighted by Gasteiger charge is 2.42. The lowest BCUT2D eigenvalue weighted by atomic mass is 10.00. The van der Waals surface area contributed by atoms with Crippen molar-refractivity contribution < 1.29 is 9.59 Å². The number of rotatable bonds is 3. The minimum atomic E-state index is -0.260. The van der Waals surface area contributed by atoms with Gasteiger partial charge in [-0.25, -0.2) is 0 Å². The molecule has 2 amide bonds. The fourth-order valence-corrected chi connectivity index (χ4v) is 2.45. The molecule has 0 bridgehead atoms. The van der Waals surface area contributed by atoms with Crippen LogP contribution in [0.3, 0.4) is 0 Å². The van der Waals surface area contributed by atoms with Gasteiger partial charge in [-0.05, 0) is 5.56 Å². The Bertz CT molecular complexity index is 536. The van der Waals surface area contributed by atoms with Crippen molar-refractivity contribution in [2.75, 3.05) is 0 Å². The summed E-state index contributed by atoms with van der Waals surface area (Å²) in [5.41, 5.74) is 7.17. The summed E-state index contributed by atoms with van der Waals surface area (Å²) in [6.45, 7) is 3.80. The molecule has 1 aromatic rings. The first-order valence-electron chi connectivity index (χ1n) is 6.16. The maximum atomic E-state index is 12.1. The standard InChI is InChI=1S/C14H16N2O2S/c1-8-9(2)14(18)16(13(8)17)7-10-5-3-4-6-11(10)12(15)19/h3-6,8-9H,7H2,1-2H3,(H2,15,19). The average Bonchev–Trinajstić information content (AvgIpc) is 2.57. The number of nitrogens with zero attached hydrogens (tertiary/aromatic N) is 1. The number of carbonyl (C=O) groups excluding carboxylic acids is 2. The molecular weight excluding hydrogens is 260 g/mol. The van der Waals surface area contributed by atoms with Crippen LogP contribution in [-0.2, 0) is 16.1 Å². The molecule has 0 aliphatic carbocycles. The van der Waals surface area contributed by atoms with Gasteiger partial charge in [0.15, 0.2) is 0 Å². The maximum Gasteiger partial charge on any atom is 0.233 e. The molecule has 19 heavy (non-hydrogen) atoms. The van der Waals surface area contributed by atoms with E-state index in [1.807, 2.05) is 18.2 Å². The van der Waals surface area contributed by atoms with Crippen LogP contribution in [-0.4, -0.2) is 21.7 Å². The number of thiocarbonyl (C=S) groups is 1. The molecule has 1 aliphatic rings. The zero-order valence-electron chi connectivity index (χ0n) is 10.9. The number of likely N-dealkylation sites (tertiary alicyclic amines) is 1. The van der Waals surface area contributed by atoms with E-state index in [9.17, 15) is 9.59 Å². The van der Waals surface area contributed by atoms with Crippen LogP contribution in [0.4, 0.5) is 0 Å². The van der Waals surface area contributed by atoms with Crippen LogP contribution < -0.4 is 5.73 Å². The SMILES string of the molecule is CC1C(=O)N(Cc2ccccc2C(N)=S)C(=O)C1C. The van der Waals surface area contributed by atoms with Crippen molar-refractivity contribution in [2.45, 2.75) is 20.4 Å². The molecule has 5 heteroatoms. The van der Waals surface area contributed by atoms with Crippen molar-refractivity contribution >= 4 is 29.0 Å². The first-order chi connectivity index (χ1) is 8.93. The van der Waals surface area contributed by atoms with E-state index in [0.717, 1.165) is 5.56 Å². The van der Waals surface area contributed by atoms with Gasteiger partial charge in [0, 0.05) is 17.4 Å². The molecule has 2 atom stereocenters. The molecule has 1 fully saturated rings. The second-order valence-corrected chi connectivity index (χ2v) is 5.30. The summed E-state index contributed by atoms with van der Waals surface area (Å²) in [6.07, 6.45) is 0. The molecule has 0 saturated carbocycles. The quantitative estimate of drug-likeness (QED) is 0.670. The Labute approximate surface area is 117 Å². The Morgan fingerprint density at radius 3 is 2.26 bits per heavy atom. The summed E-state index contributed by atoms with van der Waals surface area (Å²) in [7, 11) is 0. The van der Waals surface area contributed by atoms with Gasteiger partial charge in [0.05, 0.1) is 6.54 Å². The number of nitrogens with two attached hydrogens (primary N) is 1. The topological polar surface area (TPSA) is 63.4 Å². The van der Waals surface area contributed by atoms with Crippen LogP contribution in [0.15, 0.2) is 24.3 Å². The van der Waals surface area contributed by atoms with Crippen molar-refractivity contribution in [1.29, 1.82) is 0 Å². The van der Waals surface area contributed by atoms with Crippen LogP contribution in [0.1, 0.15) is 25.0 Å². The van der Waals surface area contributed by atoms with Crippen molar-refractivity contribution in [3.05, 3.63) is 35.4 Å². The molecule has 100 valence electrons. The van der Waals surface area contributed by atoms with Gasteiger partial charge < -0.3 is 5.73 Å². The third-order valence-electron chi connectivity index (χ3n) is 3.67. The molecule has 1 aromatic carbocycles. The van der Waals surface area contributed by atoms with E-state index in [2.05, 4.69) is 0 Å². The molecule has 1 heterocycles. The van der Waals surface area contributed by atoms with E-state index < -0.39 is 0 Å². The lowest BCUT2D eigenvalue weighted by Gasteiger charge is -2.16.